The summed E-state index contributed by atoms with van der Waals surface area (Å²) in [4.78, 5) is 2.88. The van der Waals surface area contributed by atoms with Crippen LogP contribution in [0, 0.1) is 23.7 Å². The number of likely N-dealkylation sites (tertiary alicyclic amines) is 1. The Morgan fingerprint density at radius 1 is 1.00 bits per heavy atom. The van der Waals surface area contributed by atoms with Crippen molar-refractivity contribution in [2.24, 2.45) is 23.7 Å². The van der Waals surface area contributed by atoms with Gasteiger partial charge in [0.25, 0.3) is 0 Å². The highest BCUT2D eigenvalue weighted by atomic mass is 15.2. The lowest BCUT2D eigenvalue weighted by atomic mass is 9.72. The number of hydrogen-bond acceptors (Lipinski definition) is 2. The third-order valence-corrected chi connectivity index (χ3v) is 6.70. The third kappa shape index (κ3) is 3.64. The third-order valence-electron chi connectivity index (χ3n) is 6.70. The van der Waals surface area contributed by atoms with Crippen LogP contribution in [0.4, 0.5) is 0 Å². The summed E-state index contributed by atoms with van der Waals surface area (Å²) in [6.07, 6.45) is 10.1. The predicted molar refractivity (Wildman–Crippen MR) is 90.5 cm³/mol. The molecule has 0 radical (unpaired) electrons. The van der Waals surface area contributed by atoms with Gasteiger partial charge in [0.1, 0.15) is 0 Å². The van der Waals surface area contributed by atoms with E-state index in [0.29, 0.717) is 0 Å². The quantitative estimate of drug-likeness (QED) is 0.848. The normalized spacial score (nSPS) is 40.0. The molecule has 3 rings (SSSR count). The lowest BCUT2D eigenvalue weighted by Crippen LogP contribution is -2.50. The fourth-order valence-electron chi connectivity index (χ4n) is 5.34. The molecule has 4 unspecified atom stereocenters. The molecule has 0 spiro atoms. The van der Waals surface area contributed by atoms with E-state index in [4.69, 9.17) is 0 Å². The van der Waals surface area contributed by atoms with Gasteiger partial charge in [0.2, 0.25) is 0 Å². The molecule has 0 aromatic carbocycles. The van der Waals surface area contributed by atoms with Gasteiger partial charge in [0, 0.05) is 12.1 Å². The maximum Gasteiger partial charge on any atom is 0.0128 e. The van der Waals surface area contributed by atoms with E-state index in [-0.39, 0.29) is 0 Å². The second kappa shape index (κ2) is 7.00. The van der Waals surface area contributed by atoms with Crippen LogP contribution in [0.5, 0.6) is 0 Å². The number of nitrogens with zero attached hydrogens (tertiary/aromatic N) is 1. The minimum Gasteiger partial charge on any atom is -0.314 e. The van der Waals surface area contributed by atoms with Crippen LogP contribution in [0.25, 0.3) is 0 Å². The Hall–Kier alpha value is -0.0800. The van der Waals surface area contributed by atoms with Crippen molar-refractivity contribution >= 4 is 0 Å². The summed E-state index contributed by atoms with van der Waals surface area (Å²) in [5, 5.41) is 3.74. The molecule has 0 amide bonds. The van der Waals surface area contributed by atoms with Crippen molar-refractivity contribution in [2.45, 2.75) is 77.8 Å². The summed E-state index contributed by atoms with van der Waals surface area (Å²) in [6.45, 7) is 11.4. The molecule has 1 aliphatic carbocycles. The smallest absolute Gasteiger partial charge is 0.0128 e. The van der Waals surface area contributed by atoms with Gasteiger partial charge in [-0.25, -0.2) is 0 Å². The number of piperidine rings is 1. The fourth-order valence-corrected chi connectivity index (χ4v) is 5.34. The van der Waals surface area contributed by atoms with Crippen LogP contribution in [0.2, 0.25) is 0 Å². The zero-order valence-electron chi connectivity index (χ0n) is 14.5. The maximum absolute atomic E-state index is 3.74. The molecule has 2 heterocycles. The molecule has 4 atom stereocenters. The van der Waals surface area contributed by atoms with Gasteiger partial charge in [-0.1, -0.05) is 27.2 Å². The second-order valence-corrected chi connectivity index (χ2v) is 8.47. The Balaban J connectivity index is 1.56. The van der Waals surface area contributed by atoms with Crippen LogP contribution in [-0.4, -0.2) is 36.6 Å². The Morgan fingerprint density at radius 3 is 2.38 bits per heavy atom. The van der Waals surface area contributed by atoms with Gasteiger partial charge in [-0.15, -0.1) is 0 Å². The van der Waals surface area contributed by atoms with E-state index in [1.54, 1.807) is 0 Å². The van der Waals surface area contributed by atoms with E-state index in [2.05, 4.69) is 31.0 Å². The van der Waals surface area contributed by atoms with Crippen LogP contribution in [-0.2, 0) is 0 Å². The molecule has 2 heteroatoms. The first-order chi connectivity index (χ1) is 10.1. The summed E-state index contributed by atoms with van der Waals surface area (Å²) in [6, 6.07) is 1.73. The predicted octanol–water partition coefficient (Wildman–Crippen LogP) is 3.91. The lowest BCUT2D eigenvalue weighted by molar-refractivity contribution is 0.0309. The summed E-state index contributed by atoms with van der Waals surface area (Å²) in [5.74, 6) is 3.71. The molecule has 2 nitrogen and oxygen atoms in total. The first kappa shape index (κ1) is 15.8. The summed E-state index contributed by atoms with van der Waals surface area (Å²) in [5.41, 5.74) is 0. The van der Waals surface area contributed by atoms with Crippen molar-refractivity contribution in [3.63, 3.8) is 0 Å². The molecule has 1 N–H and O–H groups in total. The highest BCUT2D eigenvalue weighted by Gasteiger charge is 2.37. The van der Waals surface area contributed by atoms with E-state index in [0.717, 1.165) is 35.8 Å². The van der Waals surface area contributed by atoms with Gasteiger partial charge in [-0.3, -0.25) is 0 Å². The first-order valence-corrected chi connectivity index (χ1v) is 9.62. The van der Waals surface area contributed by atoms with Crippen LogP contribution in [0.1, 0.15) is 65.7 Å². The number of nitrogens with one attached hydrogen (secondary N) is 1. The molecule has 21 heavy (non-hydrogen) atoms. The largest absolute Gasteiger partial charge is 0.314 e. The molecule has 2 saturated heterocycles. The average Bonchev–Trinajstić information content (AvgIpc) is 3.01. The topological polar surface area (TPSA) is 15.3 Å². The summed E-state index contributed by atoms with van der Waals surface area (Å²) >= 11 is 0. The van der Waals surface area contributed by atoms with Gasteiger partial charge < -0.3 is 10.2 Å². The van der Waals surface area contributed by atoms with E-state index in [1.165, 1.54) is 64.6 Å². The van der Waals surface area contributed by atoms with Crippen molar-refractivity contribution in [3.8, 4) is 0 Å². The standard InChI is InChI=1S/C19H36N2/c1-14(2)17-7-6-15(3)13-19(17)21-11-8-16(9-12-21)18-5-4-10-20-18/h14-20H,4-13H2,1-3H3. The minimum atomic E-state index is 0.846. The van der Waals surface area contributed by atoms with E-state index < -0.39 is 0 Å². The Bertz CT molecular complexity index is 314. The lowest BCUT2D eigenvalue weighted by Gasteiger charge is -2.47. The van der Waals surface area contributed by atoms with Crippen LogP contribution < -0.4 is 5.32 Å². The van der Waals surface area contributed by atoms with Gasteiger partial charge in [-0.2, -0.15) is 0 Å². The molecule has 0 aromatic heterocycles. The van der Waals surface area contributed by atoms with E-state index in [1.807, 2.05) is 0 Å². The van der Waals surface area contributed by atoms with Gasteiger partial charge >= 0.3 is 0 Å². The maximum atomic E-state index is 3.74. The number of hydrogen-bond donors (Lipinski definition) is 1. The van der Waals surface area contributed by atoms with Crippen molar-refractivity contribution in [3.05, 3.63) is 0 Å². The van der Waals surface area contributed by atoms with Crippen molar-refractivity contribution < 1.29 is 0 Å². The monoisotopic (exact) mass is 292 g/mol. The van der Waals surface area contributed by atoms with Gasteiger partial charge in [0.15, 0.2) is 0 Å². The molecule has 0 bridgehead atoms. The highest BCUT2D eigenvalue weighted by molar-refractivity contribution is 4.92. The summed E-state index contributed by atoms with van der Waals surface area (Å²) < 4.78 is 0. The summed E-state index contributed by atoms with van der Waals surface area (Å²) in [7, 11) is 0. The van der Waals surface area contributed by atoms with Crippen LogP contribution in [0.3, 0.4) is 0 Å². The Labute approximate surface area is 132 Å². The Kier molecular flexibility index (Phi) is 5.27. The molecule has 1 saturated carbocycles. The molecule has 3 fully saturated rings. The molecule has 3 aliphatic rings. The van der Waals surface area contributed by atoms with Gasteiger partial charge in [0.05, 0.1) is 0 Å². The zero-order valence-corrected chi connectivity index (χ0v) is 14.5. The SMILES string of the molecule is CC1CCC(C(C)C)C(N2CCC(C3CCCN3)CC2)C1. The average molecular weight is 293 g/mol. The van der Waals surface area contributed by atoms with Crippen molar-refractivity contribution in [1.29, 1.82) is 0 Å². The molecule has 0 aromatic rings. The van der Waals surface area contributed by atoms with Crippen molar-refractivity contribution in [1.82, 2.24) is 10.2 Å². The van der Waals surface area contributed by atoms with Gasteiger partial charge in [-0.05, 0) is 81.8 Å². The van der Waals surface area contributed by atoms with E-state index >= 15 is 0 Å². The second-order valence-electron chi connectivity index (χ2n) is 8.47. The molecular weight excluding hydrogens is 256 g/mol. The van der Waals surface area contributed by atoms with Crippen LogP contribution in [0.15, 0.2) is 0 Å². The highest BCUT2D eigenvalue weighted by Crippen LogP contribution is 2.38. The minimum absolute atomic E-state index is 0.846. The zero-order chi connectivity index (χ0) is 14.8. The van der Waals surface area contributed by atoms with Crippen molar-refractivity contribution in [2.75, 3.05) is 19.6 Å². The van der Waals surface area contributed by atoms with E-state index in [9.17, 15) is 0 Å². The molecule has 2 aliphatic heterocycles. The fraction of sp³-hybridized carbons (Fsp3) is 1.00. The number of rotatable bonds is 3. The van der Waals surface area contributed by atoms with Crippen LogP contribution >= 0.6 is 0 Å². The Morgan fingerprint density at radius 2 is 1.76 bits per heavy atom. The molecular formula is C19H36N2. The first-order valence-electron chi connectivity index (χ1n) is 9.62. The molecule has 122 valence electrons.